The van der Waals surface area contributed by atoms with Crippen LogP contribution in [0.5, 0.6) is 0 Å². The second-order valence-corrected chi connectivity index (χ2v) is 11.0. The lowest BCUT2D eigenvalue weighted by molar-refractivity contribution is 0.0403. The minimum absolute atomic E-state index is 0.0871. The SMILES string of the molecule is CCC(CCOC(=O)Nc1cccc(N=C=O)c1C)(CCOC(=O)Nc1cccc(N=C=O)c1C)COC(=O)Nc1cccc(N=C=O)c1C. The number of anilines is 3. The standard InChI is InChI=1S/C35H36N6O9/c1-5-35(19-50-34(47)41-31-14-8-11-28(25(31)4)38-22-44,15-17-48-32(45)39-29-12-6-9-26(23(29)2)36-20-42)16-18-49-33(46)40-30-13-7-10-27(24(30)3)37-21-43/h6-14H,5,15-19H2,1-4H3,(H,39,45)(H,40,46)(H,41,47). The number of benzene rings is 3. The average molecular weight is 685 g/mol. The Kier molecular flexibility index (Phi) is 14.3. The molecule has 0 atom stereocenters. The van der Waals surface area contributed by atoms with Gasteiger partial charge in [-0.05, 0) is 93.1 Å². The smallest absolute Gasteiger partial charge is 0.411 e. The van der Waals surface area contributed by atoms with Gasteiger partial charge in [-0.3, -0.25) is 16.0 Å². The Labute approximate surface area is 287 Å². The molecule has 0 aliphatic heterocycles. The molecule has 3 rings (SSSR count). The molecule has 0 saturated carbocycles. The normalized spacial score (nSPS) is 11.3. The quantitative estimate of drug-likeness (QED) is 0.0812. The van der Waals surface area contributed by atoms with Gasteiger partial charge in [0.1, 0.15) is 0 Å². The number of amides is 3. The molecule has 3 aromatic carbocycles. The third-order valence-corrected chi connectivity index (χ3v) is 8.11. The van der Waals surface area contributed by atoms with Crippen LogP contribution in [0.15, 0.2) is 69.6 Å². The summed E-state index contributed by atoms with van der Waals surface area (Å²) in [5.41, 5.74) is 3.01. The Hall–Kier alpha value is -6.39. The van der Waals surface area contributed by atoms with Gasteiger partial charge in [0.2, 0.25) is 18.2 Å². The number of carbonyl (C=O) groups is 3. The lowest BCUT2D eigenvalue weighted by Crippen LogP contribution is -2.33. The number of ether oxygens (including phenoxy) is 3. The molecule has 0 unspecified atom stereocenters. The molecule has 50 heavy (non-hydrogen) atoms. The highest BCUT2D eigenvalue weighted by atomic mass is 16.6. The fraction of sp³-hybridized carbons (Fsp3) is 0.314. The minimum atomic E-state index is -0.806. The Morgan fingerprint density at radius 3 is 1.26 bits per heavy atom. The van der Waals surface area contributed by atoms with Crippen molar-refractivity contribution in [3.8, 4) is 0 Å². The average Bonchev–Trinajstić information content (AvgIpc) is 3.09. The number of nitrogens with one attached hydrogen (secondary N) is 3. The van der Waals surface area contributed by atoms with Crippen LogP contribution in [0.1, 0.15) is 42.9 Å². The van der Waals surface area contributed by atoms with E-state index in [-0.39, 0.29) is 32.7 Å². The van der Waals surface area contributed by atoms with Gasteiger partial charge in [-0.15, -0.1) is 0 Å². The molecular weight excluding hydrogens is 648 g/mol. The minimum Gasteiger partial charge on any atom is -0.449 e. The Balaban J connectivity index is 1.69. The first-order chi connectivity index (χ1) is 24.1. The maximum Gasteiger partial charge on any atom is 0.411 e. The molecule has 0 spiro atoms. The molecule has 0 heterocycles. The Bertz CT molecular complexity index is 1770. The van der Waals surface area contributed by atoms with Crippen LogP contribution >= 0.6 is 0 Å². The summed E-state index contributed by atoms with van der Waals surface area (Å²) in [6.45, 7) is 6.58. The summed E-state index contributed by atoms with van der Waals surface area (Å²) >= 11 is 0. The first-order valence-electron chi connectivity index (χ1n) is 15.4. The van der Waals surface area contributed by atoms with Crippen LogP contribution in [0.3, 0.4) is 0 Å². The number of nitrogens with zero attached hydrogens (tertiary/aromatic N) is 3. The number of hydrogen-bond donors (Lipinski definition) is 3. The first kappa shape index (κ1) is 38.1. The number of carbonyl (C=O) groups excluding carboxylic acids is 6. The molecular formula is C35H36N6O9. The second-order valence-electron chi connectivity index (χ2n) is 11.0. The maximum absolute atomic E-state index is 12.9. The largest absolute Gasteiger partial charge is 0.449 e. The van der Waals surface area contributed by atoms with E-state index >= 15 is 0 Å². The van der Waals surface area contributed by atoms with E-state index in [9.17, 15) is 28.8 Å². The Morgan fingerprint density at radius 2 is 0.940 bits per heavy atom. The molecule has 3 amide bonds. The van der Waals surface area contributed by atoms with Crippen molar-refractivity contribution in [2.75, 3.05) is 35.8 Å². The number of rotatable bonds is 15. The second kappa shape index (κ2) is 18.8. The molecule has 0 bridgehead atoms. The van der Waals surface area contributed by atoms with Gasteiger partial charge in [-0.25, -0.2) is 28.8 Å². The predicted molar refractivity (Wildman–Crippen MR) is 184 cm³/mol. The molecule has 260 valence electrons. The molecule has 0 fully saturated rings. The molecule has 3 N–H and O–H groups in total. The molecule has 0 radical (unpaired) electrons. The van der Waals surface area contributed by atoms with Crippen molar-refractivity contribution in [2.45, 2.75) is 47.0 Å². The van der Waals surface area contributed by atoms with Crippen molar-refractivity contribution in [3.63, 3.8) is 0 Å². The van der Waals surface area contributed by atoms with E-state index in [0.29, 0.717) is 57.2 Å². The van der Waals surface area contributed by atoms with Crippen LogP contribution in [0.2, 0.25) is 0 Å². The van der Waals surface area contributed by atoms with Crippen molar-refractivity contribution in [3.05, 3.63) is 71.3 Å². The van der Waals surface area contributed by atoms with Gasteiger partial charge in [0.25, 0.3) is 0 Å². The van der Waals surface area contributed by atoms with Crippen LogP contribution < -0.4 is 16.0 Å². The molecule has 3 aromatic rings. The fourth-order valence-corrected chi connectivity index (χ4v) is 4.89. The highest BCUT2D eigenvalue weighted by molar-refractivity contribution is 5.88. The Morgan fingerprint density at radius 1 is 0.600 bits per heavy atom. The third-order valence-electron chi connectivity index (χ3n) is 8.11. The van der Waals surface area contributed by atoms with Crippen LogP contribution in [-0.4, -0.2) is 56.3 Å². The topological polar surface area (TPSA) is 203 Å². The first-order valence-corrected chi connectivity index (χ1v) is 15.4. The van der Waals surface area contributed by atoms with Crippen molar-refractivity contribution in [2.24, 2.45) is 20.4 Å². The van der Waals surface area contributed by atoms with Crippen LogP contribution in [0, 0.1) is 26.2 Å². The summed E-state index contributed by atoms with van der Waals surface area (Å²) in [6.07, 6.45) is 3.00. The zero-order valence-electron chi connectivity index (χ0n) is 28.0. The van der Waals surface area contributed by atoms with Gasteiger partial charge in [-0.2, -0.15) is 15.0 Å². The van der Waals surface area contributed by atoms with Gasteiger partial charge in [0, 0.05) is 22.5 Å². The highest BCUT2D eigenvalue weighted by Crippen LogP contribution is 2.33. The monoisotopic (exact) mass is 684 g/mol. The van der Waals surface area contributed by atoms with Crippen LogP contribution in [-0.2, 0) is 28.6 Å². The molecule has 0 aromatic heterocycles. The number of aliphatic imine (C=N–C) groups is 3. The summed E-state index contributed by atoms with van der Waals surface area (Å²) in [6, 6.07) is 14.5. The van der Waals surface area contributed by atoms with Crippen molar-refractivity contribution < 1.29 is 43.0 Å². The lowest BCUT2D eigenvalue weighted by Gasteiger charge is -2.32. The van der Waals surface area contributed by atoms with E-state index in [4.69, 9.17) is 14.2 Å². The highest BCUT2D eigenvalue weighted by Gasteiger charge is 2.31. The van der Waals surface area contributed by atoms with E-state index < -0.39 is 23.7 Å². The van der Waals surface area contributed by atoms with Crippen molar-refractivity contribution in [1.29, 1.82) is 0 Å². The lowest BCUT2D eigenvalue weighted by atomic mass is 9.80. The zero-order chi connectivity index (χ0) is 36.5. The van der Waals surface area contributed by atoms with Crippen LogP contribution in [0.4, 0.5) is 48.5 Å². The van der Waals surface area contributed by atoms with Crippen molar-refractivity contribution >= 4 is 70.6 Å². The van der Waals surface area contributed by atoms with Gasteiger partial charge in [0.15, 0.2) is 0 Å². The molecule has 0 aliphatic rings. The van der Waals surface area contributed by atoms with Crippen molar-refractivity contribution in [1.82, 2.24) is 0 Å². The van der Waals surface area contributed by atoms with Crippen LogP contribution in [0.25, 0.3) is 0 Å². The van der Waals surface area contributed by atoms with E-state index in [0.717, 1.165) is 0 Å². The third kappa shape index (κ3) is 10.8. The maximum atomic E-state index is 12.9. The van der Waals surface area contributed by atoms with Gasteiger partial charge < -0.3 is 14.2 Å². The predicted octanol–water partition coefficient (Wildman–Crippen LogP) is 7.74. The number of hydrogen-bond acceptors (Lipinski definition) is 12. The zero-order valence-corrected chi connectivity index (χ0v) is 28.0. The van der Waals surface area contributed by atoms with E-state index in [2.05, 4.69) is 30.9 Å². The summed E-state index contributed by atoms with van der Waals surface area (Å²) in [7, 11) is 0. The number of isocyanates is 3. The molecule has 0 aliphatic carbocycles. The summed E-state index contributed by atoms with van der Waals surface area (Å²) in [4.78, 5) is 81.2. The molecule has 0 saturated heterocycles. The fourth-order valence-electron chi connectivity index (χ4n) is 4.89. The van der Waals surface area contributed by atoms with Gasteiger partial charge in [-0.1, -0.05) is 25.1 Å². The summed E-state index contributed by atoms with van der Waals surface area (Å²) < 4.78 is 16.5. The summed E-state index contributed by atoms with van der Waals surface area (Å²) in [5.74, 6) is 0. The molecule has 15 nitrogen and oxygen atoms in total. The van der Waals surface area contributed by atoms with E-state index in [1.807, 2.05) is 6.92 Å². The van der Waals surface area contributed by atoms with Gasteiger partial charge >= 0.3 is 18.3 Å². The van der Waals surface area contributed by atoms with Gasteiger partial charge in [0.05, 0.1) is 36.9 Å². The molecule has 15 heteroatoms. The van der Waals surface area contributed by atoms with E-state index in [1.54, 1.807) is 75.4 Å². The summed E-state index contributed by atoms with van der Waals surface area (Å²) in [5, 5.41) is 7.89. The van der Waals surface area contributed by atoms with E-state index in [1.165, 1.54) is 18.2 Å².